The van der Waals surface area contributed by atoms with Gasteiger partial charge in [0, 0.05) is 23.0 Å². The molecule has 1 aromatic carbocycles. The average Bonchev–Trinajstić information content (AvgIpc) is 2.64. The van der Waals surface area contributed by atoms with Gasteiger partial charge in [-0.3, -0.25) is 4.79 Å². The summed E-state index contributed by atoms with van der Waals surface area (Å²) < 4.78 is 15.7. The number of carbonyl (C=O) groups is 1. The molecule has 1 heterocycles. The van der Waals surface area contributed by atoms with E-state index in [2.05, 4.69) is 4.99 Å². The van der Waals surface area contributed by atoms with E-state index < -0.39 is 11.7 Å². The van der Waals surface area contributed by atoms with Crippen LogP contribution < -0.4 is 11.5 Å². The van der Waals surface area contributed by atoms with Gasteiger partial charge in [-0.05, 0) is 18.1 Å². The summed E-state index contributed by atoms with van der Waals surface area (Å²) in [7, 11) is 0. The molecular weight excluding hydrogens is 287 g/mol. The highest BCUT2D eigenvalue weighted by atomic mass is 19.1. The van der Waals surface area contributed by atoms with Gasteiger partial charge >= 0.3 is 0 Å². The summed E-state index contributed by atoms with van der Waals surface area (Å²) in [6.07, 6.45) is -0.192. The lowest BCUT2D eigenvalue weighted by atomic mass is 10.1. The zero-order chi connectivity index (χ0) is 16.4. The number of halogens is 1. The van der Waals surface area contributed by atoms with Gasteiger partial charge in [-0.25, -0.2) is 4.39 Å². The standard InChI is InChI=1S/C15H19FN4O2/c1-8(2)7-20-11(6-12(21)19-15(17)18)13-9(14(20)22)4-3-5-10(13)16/h3-5,8,22H,6-7H2,1-2H3,(H4,17,18,19,21). The lowest BCUT2D eigenvalue weighted by molar-refractivity contribution is -0.117. The van der Waals surface area contributed by atoms with Crippen molar-refractivity contribution >= 4 is 22.6 Å². The Morgan fingerprint density at radius 3 is 2.68 bits per heavy atom. The number of nitrogens with zero attached hydrogens (tertiary/aromatic N) is 2. The Labute approximate surface area is 127 Å². The van der Waals surface area contributed by atoms with E-state index in [-0.39, 0.29) is 29.6 Å². The van der Waals surface area contributed by atoms with Crippen molar-refractivity contribution in [3.63, 3.8) is 0 Å². The molecule has 118 valence electrons. The number of amides is 1. The van der Waals surface area contributed by atoms with Gasteiger partial charge in [0.1, 0.15) is 5.82 Å². The molecule has 1 aromatic heterocycles. The number of guanidine groups is 1. The summed E-state index contributed by atoms with van der Waals surface area (Å²) in [5.41, 5.74) is 10.8. The monoisotopic (exact) mass is 306 g/mol. The van der Waals surface area contributed by atoms with Crippen LogP contribution in [0.1, 0.15) is 19.5 Å². The van der Waals surface area contributed by atoms with E-state index in [4.69, 9.17) is 11.5 Å². The minimum atomic E-state index is -0.590. The van der Waals surface area contributed by atoms with Crippen molar-refractivity contribution in [1.29, 1.82) is 0 Å². The second-order valence-electron chi connectivity index (χ2n) is 5.54. The molecule has 0 unspecified atom stereocenters. The van der Waals surface area contributed by atoms with E-state index in [1.165, 1.54) is 12.1 Å². The van der Waals surface area contributed by atoms with Crippen LogP contribution >= 0.6 is 0 Å². The summed E-state index contributed by atoms with van der Waals surface area (Å²) in [4.78, 5) is 15.3. The normalized spacial score (nSPS) is 11.1. The van der Waals surface area contributed by atoms with Crippen LogP contribution in [0.15, 0.2) is 23.2 Å². The number of aliphatic imine (C=N–C) groups is 1. The summed E-state index contributed by atoms with van der Waals surface area (Å²) in [5, 5.41) is 10.9. The highest BCUT2D eigenvalue weighted by Crippen LogP contribution is 2.34. The quantitative estimate of drug-likeness (QED) is 0.587. The van der Waals surface area contributed by atoms with E-state index in [1.54, 1.807) is 10.6 Å². The maximum Gasteiger partial charge on any atom is 0.254 e. The molecular formula is C15H19FN4O2. The third-order valence-corrected chi connectivity index (χ3v) is 3.24. The van der Waals surface area contributed by atoms with Crippen molar-refractivity contribution in [1.82, 2.24) is 4.57 Å². The SMILES string of the molecule is CC(C)Cn1c(O)c2cccc(F)c2c1CC(=O)N=C(N)N. The van der Waals surface area contributed by atoms with Crippen molar-refractivity contribution in [3.05, 3.63) is 29.7 Å². The molecule has 0 radical (unpaired) electrons. The first-order valence-electron chi connectivity index (χ1n) is 6.92. The fourth-order valence-electron chi connectivity index (χ4n) is 2.48. The zero-order valence-electron chi connectivity index (χ0n) is 12.5. The number of aromatic hydroxyl groups is 1. The summed E-state index contributed by atoms with van der Waals surface area (Å²) >= 11 is 0. The first-order valence-corrected chi connectivity index (χ1v) is 6.92. The molecule has 0 aliphatic carbocycles. The molecule has 0 spiro atoms. The van der Waals surface area contributed by atoms with Crippen LogP contribution in [0, 0.1) is 11.7 Å². The first-order chi connectivity index (χ1) is 10.3. The van der Waals surface area contributed by atoms with Gasteiger partial charge in [-0.2, -0.15) is 4.99 Å². The van der Waals surface area contributed by atoms with E-state index in [0.29, 0.717) is 17.6 Å². The van der Waals surface area contributed by atoms with Crippen LogP contribution in [0.2, 0.25) is 0 Å². The molecule has 0 saturated heterocycles. The lowest BCUT2D eigenvalue weighted by Crippen LogP contribution is -2.25. The fraction of sp³-hybridized carbons (Fsp3) is 0.333. The third kappa shape index (κ3) is 3.03. The minimum Gasteiger partial charge on any atom is -0.494 e. The number of rotatable bonds is 4. The average molecular weight is 306 g/mol. The van der Waals surface area contributed by atoms with Crippen molar-refractivity contribution in [3.8, 4) is 5.88 Å². The molecule has 2 aromatic rings. The van der Waals surface area contributed by atoms with E-state index in [1.807, 2.05) is 13.8 Å². The van der Waals surface area contributed by atoms with Gasteiger partial charge in [-0.15, -0.1) is 0 Å². The molecule has 6 nitrogen and oxygen atoms in total. The fourth-order valence-corrected chi connectivity index (χ4v) is 2.48. The van der Waals surface area contributed by atoms with Crippen LogP contribution in [0.5, 0.6) is 5.88 Å². The summed E-state index contributed by atoms with van der Waals surface area (Å²) in [5.74, 6) is -1.29. The number of nitrogens with two attached hydrogens (primary N) is 2. The first kappa shape index (κ1) is 15.8. The molecule has 22 heavy (non-hydrogen) atoms. The van der Waals surface area contributed by atoms with Crippen LogP contribution in [0.3, 0.4) is 0 Å². The second-order valence-corrected chi connectivity index (χ2v) is 5.54. The molecule has 5 N–H and O–H groups in total. The smallest absolute Gasteiger partial charge is 0.254 e. The van der Waals surface area contributed by atoms with Crippen LogP contribution in [0.4, 0.5) is 4.39 Å². The van der Waals surface area contributed by atoms with E-state index in [9.17, 15) is 14.3 Å². The molecule has 0 aliphatic rings. The van der Waals surface area contributed by atoms with Crippen LogP contribution in [-0.2, 0) is 17.8 Å². The Bertz CT molecular complexity index is 746. The van der Waals surface area contributed by atoms with E-state index >= 15 is 0 Å². The number of fused-ring (bicyclic) bond motifs is 1. The summed E-state index contributed by atoms with van der Waals surface area (Å²) in [6, 6.07) is 4.41. The molecule has 0 fully saturated rings. The predicted octanol–water partition coefficient (Wildman–Crippen LogP) is 1.48. The Morgan fingerprint density at radius 1 is 1.41 bits per heavy atom. The van der Waals surface area contributed by atoms with Crippen molar-refractivity contribution in [2.24, 2.45) is 22.4 Å². The van der Waals surface area contributed by atoms with Crippen molar-refractivity contribution in [2.75, 3.05) is 0 Å². The minimum absolute atomic E-state index is 0.0595. The number of benzene rings is 1. The zero-order valence-corrected chi connectivity index (χ0v) is 12.5. The Balaban J connectivity index is 2.62. The van der Waals surface area contributed by atoms with Gasteiger partial charge in [-0.1, -0.05) is 19.9 Å². The van der Waals surface area contributed by atoms with Crippen LogP contribution in [0.25, 0.3) is 10.8 Å². The number of hydrogen-bond donors (Lipinski definition) is 3. The largest absolute Gasteiger partial charge is 0.494 e. The third-order valence-electron chi connectivity index (χ3n) is 3.24. The summed E-state index contributed by atoms with van der Waals surface area (Å²) in [6.45, 7) is 4.37. The molecule has 0 saturated carbocycles. The molecule has 0 bridgehead atoms. The predicted molar refractivity (Wildman–Crippen MR) is 82.9 cm³/mol. The highest BCUT2D eigenvalue weighted by Gasteiger charge is 2.21. The highest BCUT2D eigenvalue weighted by molar-refractivity contribution is 5.97. The van der Waals surface area contributed by atoms with Gasteiger partial charge in [0.2, 0.25) is 0 Å². The Morgan fingerprint density at radius 2 is 2.09 bits per heavy atom. The number of carbonyl (C=O) groups excluding carboxylic acids is 1. The molecule has 0 atom stereocenters. The molecule has 0 aliphatic heterocycles. The number of hydrogen-bond acceptors (Lipinski definition) is 2. The topological polar surface area (TPSA) is 107 Å². The van der Waals surface area contributed by atoms with E-state index in [0.717, 1.165) is 0 Å². The van der Waals surface area contributed by atoms with Gasteiger partial charge in [0.25, 0.3) is 5.91 Å². The van der Waals surface area contributed by atoms with Crippen molar-refractivity contribution in [2.45, 2.75) is 26.8 Å². The van der Waals surface area contributed by atoms with Gasteiger partial charge in [0.15, 0.2) is 11.8 Å². The molecule has 2 rings (SSSR count). The Hall–Kier alpha value is -2.57. The maximum atomic E-state index is 14.2. The number of aromatic nitrogens is 1. The lowest BCUT2D eigenvalue weighted by Gasteiger charge is -2.12. The van der Waals surface area contributed by atoms with Gasteiger partial charge in [0.05, 0.1) is 6.42 Å². The molecule has 7 heteroatoms. The maximum absolute atomic E-state index is 14.2. The Kier molecular flexibility index (Phi) is 4.35. The molecule has 1 amide bonds. The van der Waals surface area contributed by atoms with Crippen LogP contribution in [-0.4, -0.2) is 21.5 Å². The second kappa shape index (κ2) is 6.05. The van der Waals surface area contributed by atoms with Gasteiger partial charge < -0.3 is 21.1 Å². The van der Waals surface area contributed by atoms with Crippen molar-refractivity contribution < 1.29 is 14.3 Å².